The van der Waals surface area contributed by atoms with Gasteiger partial charge in [-0.3, -0.25) is 4.79 Å². The third kappa shape index (κ3) is 1.21. The summed E-state index contributed by atoms with van der Waals surface area (Å²) in [6.07, 6.45) is -1.08. The van der Waals surface area contributed by atoms with Gasteiger partial charge in [0.25, 0.3) is 0 Å². The molecule has 84 valence electrons. The van der Waals surface area contributed by atoms with Crippen LogP contribution in [-0.2, 0) is 23.7 Å². The van der Waals surface area contributed by atoms with E-state index in [0.29, 0.717) is 6.61 Å². The fourth-order valence-electron chi connectivity index (χ4n) is 2.41. The molecule has 0 spiro atoms. The second-order valence-electron chi connectivity index (χ2n) is 4.80. The SMILES string of the molecule is CC1(C)O[C@@H]2[C@H]3CO[C@](C)(O3)C(=O)[C@@H]2O1. The van der Waals surface area contributed by atoms with Crippen molar-refractivity contribution in [3.63, 3.8) is 0 Å². The molecule has 3 saturated heterocycles. The molecule has 3 aliphatic heterocycles. The second-order valence-corrected chi connectivity index (χ2v) is 4.80. The highest BCUT2D eigenvalue weighted by atomic mass is 16.8. The summed E-state index contributed by atoms with van der Waals surface area (Å²) < 4.78 is 22.1. The fraction of sp³-hybridized carbons (Fsp3) is 0.900. The Morgan fingerprint density at radius 2 is 1.93 bits per heavy atom. The lowest BCUT2D eigenvalue weighted by Gasteiger charge is -2.32. The van der Waals surface area contributed by atoms with Gasteiger partial charge in [0.05, 0.1) is 6.61 Å². The van der Waals surface area contributed by atoms with Crippen LogP contribution in [0, 0.1) is 0 Å². The first-order chi connectivity index (χ1) is 6.91. The predicted octanol–water partition coefficient (Wildman–Crippen LogP) is 0.221. The highest BCUT2D eigenvalue weighted by molar-refractivity contribution is 5.91. The summed E-state index contributed by atoms with van der Waals surface area (Å²) in [5.41, 5.74) is 0. The van der Waals surface area contributed by atoms with Crippen molar-refractivity contribution < 1.29 is 23.7 Å². The average molecular weight is 214 g/mol. The Kier molecular flexibility index (Phi) is 1.68. The van der Waals surface area contributed by atoms with Crippen LogP contribution in [0.3, 0.4) is 0 Å². The van der Waals surface area contributed by atoms with Crippen LogP contribution in [0.2, 0.25) is 0 Å². The molecule has 0 saturated carbocycles. The van der Waals surface area contributed by atoms with E-state index in [0.717, 1.165) is 0 Å². The minimum absolute atomic E-state index is 0.174. The smallest absolute Gasteiger partial charge is 0.229 e. The summed E-state index contributed by atoms with van der Waals surface area (Å²) in [5, 5.41) is 0. The number of hydrogen-bond donors (Lipinski definition) is 0. The van der Waals surface area contributed by atoms with E-state index in [-0.39, 0.29) is 18.0 Å². The zero-order valence-corrected chi connectivity index (χ0v) is 8.98. The van der Waals surface area contributed by atoms with Crippen molar-refractivity contribution in [2.24, 2.45) is 0 Å². The molecule has 3 fully saturated rings. The Hall–Kier alpha value is -0.490. The van der Waals surface area contributed by atoms with E-state index < -0.39 is 17.7 Å². The van der Waals surface area contributed by atoms with Crippen LogP contribution in [0.5, 0.6) is 0 Å². The minimum atomic E-state index is -1.13. The number of hydrogen-bond acceptors (Lipinski definition) is 5. The predicted molar refractivity (Wildman–Crippen MR) is 48.1 cm³/mol. The topological polar surface area (TPSA) is 54.0 Å². The second kappa shape index (κ2) is 2.60. The first kappa shape index (κ1) is 9.72. The van der Waals surface area contributed by atoms with Gasteiger partial charge >= 0.3 is 0 Å². The minimum Gasteiger partial charge on any atom is -0.341 e. The molecule has 0 amide bonds. The normalized spacial score (nSPS) is 51.9. The van der Waals surface area contributed by atoms with Gasteiger partial charge in [-0.25, -0.2) is 0 Å². The molecule has 0 aromatic carbocycles. The Morgan fingerprint density at radius 3 is 2.67 bits per heavy atom. The van der Waals surface area contributed by atoms with Crippen molar-refractivity contribution in [3.8, 4) is 0 Å². The standard InChI is InChI=1S/C10H14O5/c1-9(2)14-6-5-4-12-10(3,13-5)8(11)7(6)15-9/h5-7H,4H2,1-3H3/t5-,6-,7-,10-/m1/s1. The lowest BCUT2D eigenvalue weighted by atomic mass is 9.98. The molecule has 0 unspecified atom stereocenters. The van der Waals surface area contributed by atoms with E-state index in [9.17, 15) is 4.79 Å². The van der Waals surface area contributed by atoms with Gasteiger partial charge < -0.3 is 18.9 Å². The Bertz CT molecular complexity index is 326. The monoisotopic (exact) mass is 214 g/mol. The van der Waals surface area contributed by atoms with Crippen molar-refractivity contribution in [1.82, 2.24) is 0 Å². The van der Waals surface area contributed by atoms with Crippen molar-refractivity contribution in [2.75, 3.05) is 6.61 Å². The van der Waals surface area contributed by atoms with Crippen LogP contribution in [-0.4, -0.2) is 42.3 Å². The van der Waals surface area contributed by atoms with Gasteiger partial charge in [0, 0.05) is 0 Å². The molecular formula is C10H14O5. The molecule has 5 heteroatoms. The summed E-state index contributed by atoms with van der Waals surface area (Å²) in [6, 6.07) is 0. The van der Waals surface area contributed by atoms with Gasteiger partial charge in [-0.2, -0.15) is 0 Å². The molecule has 3 rings (SSSR count). The lowest BCUT2D eigenvalue weighted by molar-refractivity contribution is -0.204. The fourth-order valence-corrected chi connectivity index (χ4v) is 2.41. The van der Waals surface area contributed by atoms with E-state index in [1.165, 1.54) is 0 Å². The number of fused-ring (bicyclic) bond motifs is 4. The summed E-state index contributed by atoms with van der Waals surface area (Å²) in [4.78, 5) is 12.0. The maximum atomic E-state index is 12.0. The van der Waals surface area contributed by atoms with Gasteiger partial charge in [-0.15, -0.1) is 0 Å². The van der Waals surface area contributed by atoms with Crippen LogP contribution in [0.25, 0.3) is 0 Å². The van der Waals surface area contributed by atoms with Gasteiger partial charge in [0.2, 0.25) is 11.6 Å². The van der Waals surface area contributed by atoms with E-state index >= 15 is 0 Å². The number of Topliss-reactive ketones (excluding diaryl/α,β-unsaturated/α-hetero) is 1. The number of carbonyl (C=O) groups excluding carboxylic acids is 1. The molecule has 0 aliphatic carbocycles. The average Bonchev–Trinajstić information content (AvgIpc) is 2.63. The largest absolute Gasteiger partial charge is 0.341 e. The Morgan fingerprint density at radius 1 is 1.20 bits per heavy atom. The first-order valence-corrected chi connectivity index (χ1v) is 5.13. The van der Waals surface area contributed by atoms with E-state index in [1.807, 2.05) is 0 Å². The quantitative estimate of drug-likeness (QED) is 0.577. The van der Waals surface area contributed by atoms with Gasteiger partial charge in [0.1, 0.15) is 12.2 Å². The van der Waals surface area contributed by atoms with Crippen molar-refractivity contribution >= 4 is 5.78 Å². The van der Waals surface area contributed by atoms with Gasteiger partial charge in [-0.05, 0) is 20.8 Å². The Balaban J connectivity index is 1.96. The molecule has 0 aromatic heterocycles. The van der Waals surface area contributed by atoms with Crippen LogP contribution in [0.1, 0.15) is 20.8 Å². The maximum absolute atomic E-state index is 12.0. The number of carbonyl (C=O) groups is 1. The maximum Gasteiger partial charge on any atom is 0.229 e. The van der Waals surface area contributed by atoms with Crippen LogP contribution >= 0.6 is 0 Å². The van der Waals surface area contributed by atoms with Crippen LogP contribution in [0.15, 0.2) is 0 Å². The molecule has 0 aromatic rings. The number of rotatable bonds is 0. The van der Waals surface area contributed by atoms with E-state index in [1.54, 1.807) is 20.8 Å². The van der Waals surface area contributed by atoms with Crippen molar-refractivity contribution in [3.05, 3.63) is 0 Å². The van der Waals surface area contributed by atoms with Crippen LogP contribution < -0.4 is 0 Å². The summed E-state index contributed by atoms with van der Waals surface area (Å²) in [7, 11) is 0. The zero-order chi connectivity index (χ0) is 10.8. The third-order valence-electron chi connectivity index (χ3n) is 3.10. The van der Waals surface area contributed by atoms with E-state index in [4.69, 9.17) is 18.9 Å². The number of ether oxygens (including phenoxy) is 4. The molecule has 5 nitrogen and oxygen atoms in total. The summed E-state index contributed by atoms with van der Waals surface area (Å²) >= 11 is 0. The molecule has 15 heavy (non-hydrogen) atoms. The Labute approximate surface area is 87.6 Å². The molecule has 3 aliphatic rings. The highest BCUT2D eigenvalue weighted by Gasteiger charge is 2.63. The van der Waals surface area contributed by atoms with Gasteiger partial charge in [-0.1, -0.05) is 0 Å². The lowest BCUT2D eigenvalue weighted by Crippen LogP contribution is -2.55. The van der Waals surface area contributed by atoms with Crippen LogP contribution in [0.4, 0.5) is 0 Å². The number of ketones is 1. The summed E-state index contributed by atoms with van der Waals surface area (Å²) in [6.45, 7) is 5.63. The zero-order valence-electron chi connectivity index (χ0n) is 8.98. The highest BCUT2D eigenvalue weighted by Crippen LogP contribution is 2.42. The van der Waals surface area contributed by atoms with Crippen molar-refractivity contribution in [1.29, 1.82) is 0 Å². The molecule has 0 radical (unpaired) electrons. The molecule has 4 atom stereocenters. The molecule has 0 N–H and O–H groups in total. The molecule has 3 heterocycles. The van der Waals surface area contributed by atoms with Gasteiger partial charge in [0.15, 0.2) is 11.9 Å². The summed E-state index contributed by atoms with van der Waals surface area (Å²) in [5.74, 6) is -2.02. The third-order valence-corrected chi connectivity index (χ3v) is 3.10. The molecular weight excluding hydrogens is 200 g/mol. The molecule has 2 bridgehead atoms. The first-order valence-electron chi connectivity index (χ1n) is 5.13. The van der Waals surface area contributed by atoms with Crippen molar-refractivity contribution in [2.45, 2.75) is 50.7 Å². The van der Waals surface area contributed by atoms with E-state index in [2.05, 4.69) is 0 Å².